The second kappa shape index (κ2) is 9.69. The third kappa shape index (κ3) is 6.63. The maximum absolute atomic E-state index is 13.9. The molecule has 0 radical (unpaired) electrons. The van der Waals surface area contributed by atoms with Crippen molar-refractivity contribution in [1.82, 2.24) is 10.2 Å². The first-order chi connectivity index (χ1) is 13.9. The van der Waals surface area contributed by atoms with E-state index in [-0.39, 0.29) is 13.0 Å². The molecule has 1 aromatic rings. The Hall–Kier alpha value is -2.27. The fraction of sp³-hybridized carbons (Fsp3) is 0.591. The van der Waals surface area contributed by atoms with Crippen LogP contribution in [0.15, 0.2) is 30.3 Å². The van der Waals surface area contributed by atoms with Crippen LogP contribution in [0.25, 0.3) is 0 Å². The molecule has 3 atom stereocenters. The molecule has 1 N–H and O–H groups in total. The zero-order chi connectivity index (χ0) is 22.5. The van der Waals surface area contributed by atoms with Crippen LogP contribution in [0, 0.1) is 11.3 Å². The molecule has 1 aromatic carbocycles. The number of nitrogens with one attached hydrogen (secondary N) is 1. The lowest BCUT2D eigenvalue weighted by atomic mass is 10.0. The molecule has 1 fully saturated rings. The Morgan fingerprint density at radius 2 is 1.93 bits per heavy atom. The Balaban J connectivity index is 2.24. The van der Waals surface area contributed by atoms with Crippen molar-refractivity contribution in [2.75, 3.05) is 6.54 Å². The molecule has 1 saturated heterocycles. The number of hydrogen-bond donors (Lipinski definition) is 1. The average molecular weight is 436 g/mol. The summed E-state index contributed by atoms with van der Waals surface area (Å²) in [4.78, 5) is 27.0. The van der Waals surface area contributed by atoms with Crippen molar-refractivity contribution in [3.8, 4) is 6.07 Å². The van der Waals surface area contributed by atoms with Crippen LogP contribution in [0.5, 0.6) is 0 Å². The maximum Gasteiger partial charge on any atom is 0.408 e. The van der Waals surface area contributed by atoms with Gasteiger partial charge in [-0.15, -0.1) is 11.8 Å². The number of benzene rings is 1. The van der Waals surface area contributed by atoms with E-state index in [0.717, 1.165) is 5.56 Å². The molecular weight excluding hydrogens is 405 g/mol. The van der Waals surface area contributed by atoms with Crippen LogP contribution in [0.2, 0.25) is 0 Å². The Morgan fingerprint density at radius 1 is 1.30 bits per heavy atom. The summed E-state index contributed by atoms with van der Waals surface area (Å²) in [5, 5.41) is 12.0. The molecule has 6 nitrogen and oxygen atoms in total. The predicted molar refractivity (Wildman–Crippen MR) is 116 cm³/mol. The summed E-state index contributed by atoms with van der Waals surface area (Å²) in [6.07, 6.45) is -1.99. The van der Waals surface area contributed by atoms with Gasteiger partial charge in [-0.05, 0) is 40.2 Å². The number of nitriles is 1. The van der Waals surface area contributed by atoms with Crippen LogP contribution in [0.4, 0.5) is 9.18 Å². The number of alkyl carbamates (subject to hydrolysis) is 1. The molecule has 0 unspecified atom stereocenters. The van der Waals surface area contributed by atoms with Crippen molar-refractivity contribution in [2.24, 2.45) is 0 Å². The van der Waals surface area contributed by atoms with Gasteiger partial charge < -0.3 is 15.0 Å². The summed E-state index contributed by atoms with van der Waals surface area (Å²) in [7, 11) is 0. The molecule has 164 valence electrons. The summed E-state index contributed by atoms with van der Waals surface area (Å²) in [5.41, 5.74) is 0.352. The predicted octanol–water partition coefficient (Wildman–Crippen LogP) is 4.05. The quantitative estimate of drug-likeness (QED) is 0.729. The van der Waals surface area contributed by atoms with E-state index < -0.39 is 40.6 Å². The van der Waals surface area contributed by atoms with Gasteiger partial charge in [-0.2, -0.15) is 5.26 Å². The van der Waals surface area contributed by atoms with Gasteiger partial charge in [0.15, 0.2) is 0 Å². The number of rotatable bonds is 6. The largest absolute Gasteiger partial charge is 0.444 e. The van der Waals surface area contributed by atoms with Crippen molar-refractivity contribution in [2.45, 2.75) is 75.4 Å². The van der Waals surface area contributed by atoms with E-state index in [2.05, 4.69) is 5.32 Å². The molecule has 0 bridgehead atoms. The number of ether oxygens (including phenoxy) is 1. The van der Waals surface area contributed by atoms with E-state index >= 15 is 0 Å². The second-order valence-corrected chi connectivity index (χ2v) is 10.6. The van der Waals surface area contributed by atoms with Crippen LogP contribution >= 0.6 is 11.8 Å². The number of alkyl halides is 1. The van der Waals surface area contributed by atoms with Crippen molar-refractivity contribution in [3.63, 3.8) is 0 Å². The van der Waals surface area contributed by atoms with Gasteiger partial charge in [-0.3, -0.25) is 4.79 Å². The molecule has 0 spiro atoms. The minimum atomic E-state index is -1.25. The van der Waals surface area contributed by atoms with Gasteiger partial charge in [0.05, 0.1) is 12.6 Å². The highest BCUT2D eigenvalue weighted by atomic mass is 32.2. The highest BCUT2D eigenvalue weighted by Gasteiger charge is 2.45. The Bertz CT molecular complexity index is 789. The van der Waals surface area contributed by atoms with Gasteiger partial charge in [0.1, 0.15) is 23.9 Å². The highest BCUT2D eigenvalue weighted by Crippen LogP contribution is 2.34. The molecule has 30 heavy (non-hydrogen) atoms. The molecular formula is C22H30FN3O3S. The number of hydrogen-bond acceptors (Lipinski definition) is 5. The van der Waals surface area contributed by atoms with E-state index in [1.807, 2.05) is 50.2 Å². The van der Waals surface area contributed by atoms with Crippen LogP contribution < -0.4 is 5.32 Å². The fourth-order valence-electron chi connectivity index (χ4n) is 3.20. The van der Waals surface area contributed by atoms with E-state index in [4.69, 9.17) is 4.74 Å². The fourth-order valence-corrected chi connectivity index (χ4v) is 4.26. The van der Waals surface area contributed by atoms with E-state index in [1.54, 1.807) is 20.8 Å². The van der Waals surface area contributed by atoms with Crippen molar-refractivity contribution < 1.29 is 18.7 Å². The smallest absolute Gasteiger partial charge is 0.408 e. The monoisotopic (exact) mass is 435 g/mol. The number of nitrogens with zero attached hydrogens (tertiary/aromatic N) is 2. The van der Waals surface area contributed by atoms with Gasteiger partial charge in [0.25, 0.3) is 0 Å². The first-order valence-corrected chi connectivity index (χ1v) is 10.9. The van der Waals surface area contributed by atoms with Crippen LogP contribution in [0.1, 0.15) is 46.6 Å². The van der Waals surface area contributed by atoms with Crippen LogP contribution in [0.3, 0.4) is 0 Å². The number of thioether (sulfide) groups is 1. The lowest BCUT2D eigenvalue weighted by Gasteiger charge is -2.36. The first-order valence-electron chi connectivity index (χ1n) is 9.94. The number of carbonyl (C=O) groups excluding carboxylic acids is 2. The van der Waals surface area contributed by atoms with E-state index in [9.17, 15) is 19.2 Å². The molecule has 1 heterocycles. The number of likely N-dealkylation sites (tertiary alicyclic amines) is 1. The number of halogens is 1. The summed E-state index contributed by atoms with van der Waals surface area (Å²) < 4.78 is 18.5. The van der Waals surface area contributed by atoms with Gasteiger partial charge >= 0.3 is 6.09 Å². The zero-order valence-corrected chi connectivity index (χ0v) is 19.0. The molecule has 8 heteroatoms. The summed E-state index contributed by atoms with van der Waals surface area (Å²) in [5.74, 6) is 0.152. The average Bonchev–Trinajstić information content (AvgIpc) is 3.04. The second-order valence-electron chi connectivity index (χ2n) is 8.93. The van der Waals surface area contributed by atoms with Gasteiger partial charge in [-0.1, -0.05) is 30.3 Å². The molecule has 2 amide bonds. The lowest BCUT2D eigenvalue weighted by Crippen LogP contribution is -2.58. The molecule has 0 aliphatic carbocycles. The van der Waals surface area contributed by atoms with Crippen molar-refractivity contribution in [3.05, 3.63) is 35.9 Å². The van der Waals surface area contributed by atoms with Crippen molar-refractivity contribution >= 4 is 23.8 Å². The SMILES string of the molecule is CC(C)(C)OC(=O)N[C@H](C(=O)N1C[C@@H](F)C[C@H]1C#N)C(C)(C)SCc1ccccc1. The van der Waals surface area contributed by atoms with Crippen LogP contribution in [-0.2, 0) is 15.3 Å². The summed E-state index contributed by atoms with van der Waals surface area (Å²) in [6.45, 7) is 8.76. The van der Waals surface area contributed by atoms with Crippen molar-refractivity contribution in [1.29, 1.82) is 5.26 Å². The molecule has 1 aliphatic heterocycles. The topological polar surface area (TPSA) is 82.4 Å². The third-order valence-electron chi connectivity index (χ3n) is 4.74. The summed E-state index contributed by atoms with van der Waals surface area (Å²) >= 11 is 1.50. The highest BCUT2D eigenvalue weighted by molar-refractivity contribution is 7.99. The minimum absolute atomic E-state index is 0.0149. The standard InChI is InChI=1S/C22H30FN3O3S/c1-21(2,3)29-20(28)25-18(19(27)26-13-16(23)11-17(26)12-24)22(4,5)30-14-15-9-7-6-8-10-15/h6-10,16-18H,11,13-14H2,1-5H3,(H,25,28)/t16-,17-,18+/m0/s1. The Morgan fingerprint density at radius 3 is 2.50 bits per heavy atom. The maximum atomic E-state index is 13.9. The number of amides is 2. The number of carbonyl (C=O) groups is 2. The van der Waals surface area contributed by atoms with Gasteiger partial charge in [0.2, 0.25) is 5.91 Å². The Kier molecular flexibility index (Phi) is 7.75. The first kappa shape index (κ1) is 24.0. The normalized spacial score (nSPS) is 20.4. The van der Waals surface area contributed by atoms with Gasteiger partial charge in [-0.25, -0.2) is 9.18 Å². The third-order valence-corrected chi connectivity index (χ3v) is 6.20. The molecule has 0 saturated carbocycles. The zero-order valence-electron chi connectivity index (χ0n) is 18.1. The Labute approximate surface area is 182 Å². The molecule has 1 aliphatic rings. The van der Waals surface area contributed by atoms with E-state index in [0.29, 0.717) is 5.75 Å². The molecule has 0 aromatic heterocycles. The molecule has 2 rings (SSSR count). The van der Waals surface area contributed by atoms with E-state index in [1.165, 1.54) is 16.7 Å². The minimum Gasteiger partial charge on any atom is -0.444 e. The van der Waals surface area contributed by atoms with Crippen LogP contribution in [-0.4, -0.2) is 52.0 Å². The summed E-state index contributed by atoms with van der Waals surface area (Å²) in [6, 6.07) is 9.95. The lowest BCUT2D eigenvalue weighted by molar-refractivity contribution is -0.134. The van der Waals surface area contributed by atoms with Gasteiger partial charge in [0, 0.05) is 16.9 Å².